The van der Waals surface area contributed by atoms with Gasteiger partial charge in [-0.25, -0.2) is 0 Å². The summed E-state index contributed by atoms with van der Waals surface area (Å²) in [4.78, 5) is 25.3. The number of amides is 2. The summed E-state index contributed by atoms with van der Waals surface area (Å²) in [6, 6.07) is 16.4. The van der Waals surface area contributed by atoms with E-state index in [2.05, 4.69) is 10.6 Å². The minimum Gasteiger partial charge on any atom is -0.497 e. The van der Waals surface area contributed by atoms with Crippen LogP contribution in [0.5, 0.6) is 5.75 Å². The van der Waals surface area contributed by atoms with Crippen molar-refractivity contribution < 1.29 is 14.3 Å². The van der Waals surface area contributed by atoms with Crippen LogP contribution in [0.3, 0.4) is 0 Å². The number of benzene rings is 2. The Bertz CT molecular complexity index is 807. The van der Waals surface area contributed by atoms with Gasteiger partial charge in [0.2, 0.25) is 0 Å². The number of hydrogen-bond donors (Lipinski definition) is 2. The van der Waals surface area contributed by atoms with E-state index in [0.717, 1.165) is 37.0 Å². The van der Waals surface area contributed by atoms with Gasteiger partial charge in [0.1, 0.15) is 11.4 Å². The first-order valence-corrected chi connectivity index (χ1v) is 9.19. The van der Waals surface area contributed by atoms with E-state index in [1.807, 2.05) is 30.3 Å². The summed E-state index contributed by atoms with van der Waals surface area (Å²) in [7, 11) is 1.60. The second kappa shape index (κ2) is 9.03. The number of methoxy groups -OCH3 is 1. The Morgan fingerprint density at radius 3 is 2.30 bits per heavy atom. The van der Waals surface area contributed by atoms with Crippen LogP contribution in [0.4, 0.5) is 0 Å². The molecule has 27 heavy (non-hydrogen) atoms. The van der Waals surface area contributed by atoms with Crippen molar-refractivity contribution in [1.82, 2.24) is 10.6 Å². The summed E-state index contributed by atoms with van der Waals surface area (Å²) in [6.45, 7) is 0. The van der Waals surface area contributed by atoms with Gasteiger partial charge in [0.05, 0.1) is 7.11 Å². The highest BCUT2D eigenvalue weighted by atomic mass is 16.5. The van der Waals surface area contributed by atoms with Gasteiger partial charge >= 0.3 is 0 Å². The fourth-order valence-corrected chi connectivity index (χ4v) is 3.14. The van der Waals surface area contributed by atoms with Crippen molar-refractivity contribution in [3.63, 3.8) is 0 Å². The van der Waals surface area contributed by atoms with Gasteiger partial charge in [-0.2, -0.15) is 0 Å². The third kappa shape index (κ3) is 5.20. The number of carbonyl (C=O) groups is 2. The first kappa shape index (κ1) is 18.7. The van der Waals surface area contributed by atoms with Crippen molar-refractivity contribution in [2.24, 2.45) is 0 Å². The van der Waals surface area contributed by atoms with E-state index in [0.29, 0.717) is 5.56 Å². The van der Waals surface area contributed by atoms with Gasteiger partial charge in [-0.15, -0.1) is 0 Å². The zero-order valence-corrected chi connectivity index (χ0v) is 15.4. The largest absolute Gasteiger partial charge is 0.497 e. The Morgan fingerprint density at radius 2 is 1.67 bits per heavy atom. The molecule has 0 atom stereocenters. The van der Waals surface area contributed by atoms with Crippen molar-refractivity contribution >= 4 is 17.9 Å². The molecule has 1 aliphatic rings. The highest BCUT2D eigenvalue weighted by Gasteiger charge is 2.21. The predicted octanol–water partition coefficient (Wildman–Crippen LogP) is 3.52. The molecule has 1 saturated carbocycles. The molecule has 0 heterocycles. The van der Waals surface area contributed by atoms with Gasteiger partial charge in [-0.3, -0.25) is 9.59 Å². The van der Waals surface area contributed by atoms with Crippen LogP contribution in [0.15, 0.2) is 60.3 Å². The normalized spacial score (nSPS) is 14.6. The lowest BCUT2D eigenvalue weighted by Crippen LogP contribution is -2.39. The van der Waals surface area contributed by atoms with E-state index in [4.69, 9.17) is 4.74 Å². The molecule has 0 unspecified atom stereocenters. The first-order chi connectivity index (χ1) is 13.2. The van der Waals surface area contributed by atoms with Crippen LogP contribution >= 0.6 is 0 Å². The second-order valence-corrected chi connectivity index (χ2v) is 6.61. The summed E-state index contributed by atoms with van der Waals surface area (Å²) in [5, 5.41) is 5.79. The van der Waals surface area contributed by atoms with E-state index in [9.17, 15) is 9.59 Å². The number of ether oxygens (including phenoxy) is 1. The molecule has 0 radical (unpaired) electrons. The molecule has 1 aliphatic carbocycles. The zero-order valence-electron chi connectivity index (χ0n) is 15.4. The minimum atomic E-state index is -0.308. The van der Waals surface area contributed by atoms with E-state index in [1.54, 1.807) is 37.5 Å². The number of carbonyl (C=O) groups excluding carboxylic acids is 2. The molecule has 2 amide bonds. The number of hydrogen-bond acceptors (Lipinski definition) is 3. The molecular weight excluding hydrogens is 340 g/mol. The van der Waals surface area contributed by atoms with Crippen LogP contribution in [0, 0.1) is 0 Å². The summed E-state index contributed by atoms with van der Waals surface area (Å²) in [5.74, 6) is 0.163. The first-order valence-electron chi connectivity index (χ1n) is 9.19. The smallest absolute Gasteiger partial charge is 0.268 e. The molecule has 3 rings (SSSR count). The molecule has 2 aromatic rings. The number of nitrogens with one attached hydrogen (secondary N) is 2. The average molecular weight is 364 g/mol. The fraction of sp³-hybridized carbons (Fsp3) is 0.273. The molecule has 1 fully saturated rings. The Labute approximate surface area is 159 Å². The summed E-state index contributed by atoms with van der Waals surface area (Å²) >= 11 is 0. The van der Waals surface area contributed by atoms with E-state index in [-0.39, 0.29) is 23.6 Å². The van der Waals surface area contributed by atoms with Crippen LogP contribution in [-0.4, -0.2) is 25.0 Å². The fourth-order valence-electron chi connectivity index (χ4n) is 3.14. The molecule has 0 bridgehead atoms. The maximum atomic E-state index is 12.8. The molecule has 0 saturated heterocycles. The van der Waals surface area contributed by atoms with Crippen molar-refractivity contribution in [1.29, 1.82) is 0 Å². The molecule has 2 aromatic carbocycles. The maximum Gasteiger partial charge on any atom is 0.268 e. The molecule has 5 heteroatoms. The van der Waals surface area contributed by atoms with Crippen LogP contribution in [-0.2, 0) is 4.79 Å². The molecule has 0 spiro atoms. The standard InChI is InChI=1S/C22H24N2O3/c1-27-19-13-11-16(12-14-19)15-20(22(26)23-18-9-5-6-10-18)24-21(25)17-7-3-2-4-8-17/h2-4,7-8,11-15,18H,5-6,9-10H2,1H3,(H,23,26)(H,24,25). The van der Waals surface area contributed by atoms with Crippen LogP contribution in [0.25, 0.3) is 6.08 Å². The zero-order chi connectivity index (χ0) is 19.1. The summed E-state index contributed by atoms with van der Waals surface area (Å²) in [5.41, 5.74) is 1.55. The van der Waals surface area contributed by atoms with Gasteiger partial charge in [0.15, 0.2) is 0 Å². The minimum absolute atomic E-state index is 0.172. The number of rotatable bonds is 6. The quantitative estimate of drug-likeness (QED) is 0.771. The van der Waals surface area contributed by atoms with Crippen LogP contribution in [0.2, 0.25) is 0 Å². The average Bonchev–Trinajstić information content (AvgIpc) is 3.21. The molecule has 140 valence electrons. The third-order valence-electron chi connectivity index (χ3n) is 4.65. The van der Waals surface area contributed by atoms with Gasteiger partial charge in [-0.05, 0) is 48.7 Å². The van der Waals surface area contributed by atoms with E-state index >= 15 is 0 Å². The highest BCUT2D eigenvalue weighted by Crippen LogP contribution is 2.19. The van der Waals surface area contributed by atoms with Crippen LogP contribution in [0.1, 0.15) is 41.6 Å². The van der Waals surface area contributed by atoms with Crippen molar-refractivity contribution in [2.75, 3.05) is 7.11 Å². The third-order valence-corrected chi connectivity index (χ3v) is 4.65. The van der Waals surface area contributed by atoms with Crippen molar-refractivity contribution in [3.05, 3.63) is 71.4 Å². The Morgan fingerprint density at radius 1 is 1.00 bits per heavy atom. The van der Waals surface area contributed by atoms with E-state index < -0.39 is 0 Å². The SMILES string of the molecule is COc1ccc(C=C(NC(=O)c2ccccc2)C(=O)NC2CCCC2)cc1. The lowest BCUT2D eigenvalue weighted by Gasteiger charge is -2.15. The lowest BCUT2D eigenvalue weighted by molar-refractivity contribution is -0.118. The van der Waals surface area contributed by atoms with Gasteiger partial charge in [0.25, 0.3) is 11.8 Å². The highest BCUT2D eigenvalue weighted by molar-refractivity contribution is 6.05. The Hall–Kier alpha value is -3.08. The van der Waals surface area contributed by atoms with Crippen molar-refractivity contribution in [2.45, 2.75) is 31.7 Å². The second-order valence-electron chi connectivity index (χ2n) is 6.61. The summed E-state index contributed by atoms with van der Waals surface area (Å²) in [6.07, 6.45) is 5.89. The molecule has 5 nitrogen and oxygen atoms in total. The topological polar surface area (TPSA) is 67.4 Å². The van der Waals surface area contributed by atoms with Gasteiger partial charge in [-0.1, -0.05) is 43.2 Å². The van der Waals surface area contributed by atoms with Crippen molar-refractivity contribution in [3.8, 4) is 5.75 Å². The van der Waals surface area contributed by atoms with Gasteiger partial charge < -0.3 is 15.4 Å². The molecule has 0 aromatic heterocycles. The molecule has 2 N–H and O–H groups in total. The van der Waals surface area contributed by atoms with Crippen LogP contribution < -0.4 is 15.4 Å². The predicted molar refractivity (Wildman–Crippen MR) is 105 cm³/mol. The Kier molecular flexibility index (Phi) is 6.26. The maximum absolute atomic E-state index is 12.8. The lowest BCUT2D eigenvalue weighted by atomic mass is 10.1. The van der Waals surface area contributed by atoms with E-state index in [1.165, 1.54) is 0 Å². The molecular formula is C22H24N2O3. The molecule has 0 aliphatic heterocycles. The van der Waals surface area contributed by atoms with Gasteiger partial charge in [0, 0.05) is 11.6 Å². The monoisotopic (exact) mass is 364 g/mol. The summed E-state index contributed by atoms with van der Waals surface area (Å²) < 4.78 is 5.16. The Balaban J connectivity index is 1.81.